The molecule has 0 aromatic heterocycles. The molecule has 0 amide bonds. The molecule has 0 spiro atoms. The number of nitrogens with zero attached hydrogens (tertiary/aromatic N) is 1. The Morgan fingerprint density at radius 1 is 1.00 bits per heavy atom. The van der Waals surface area contributed by atoms with Gasteiger partial charge >= 0.3 is 0 Å². The number of nitrogens with one attached hydrogen (secondary N) is 1. The smallest absolute Gasteiger partial charge is 0.263 e. The molecule has 21 heavy (non-hydrogen) atoms. The average Bonchev–Trinajstić information content (AvgIpc) is 2.48. The van der Waals surface area contributed by atoms with Crippen LogP contribution in [0.25, 0.3) is 0 Å². The van der Waals surface area contributed by atoms with Crippen molar-refractivity contribution in [3.63, 3.8) is 0 Å². The molecule has 0 radical (unpaired) electrons. The van der Waals surface area contributed by atoms with Crippen molar-refractivity contribution < 1.29 is 21.6 Å². The lowest BCUT2D eigenvalue weighted by Crippen LogP contribution is -2.16. The lowest BCUT2D eigenvalue weighted by atomic mass is 10.2. The maximum atomic E-state index is 13.5. The van der Waals surface area contributed by atoms with Crippen LogP contribution in [-0.4, -0.2) is 8.42 Å². The highest BCUT2D eigenvalue weighted by Crippen LogP contribution is 2.24. The second-order valence-electron chi connectivity index (χ2n) is 3.94. The van der Waals surface area contributed by atoms with Gasteiger partial charge in [0.25, 0.3) is 10.0 Å². The van der Waals surface area contributed by atoms with Crippen molar-refractivity contribution in [1.29, 1.82) is 5.26 Å². The van der Waals surface area contributed by atoms with Crippen LogP contribution < -0.4 is 4.72 Å². The first-order valence-electron chi connectivity index (χ1n) is 5.52. The molecule has 0 saturated heterocycles. The summed E-state index contributed by atoms with van der Waals surface area (Å²) in [5.41, 5.74) is -0.908. The summed E-state index contributed by atoms with van der Waals surface area (Å²) in [7, 11) is -4.31. The van der Waals surface area contributed by atoms with Crippen LogP contribution in [0.3, 0.4) is 0 Å². The van der Waals surface area contributed by atoms with E-state index in [0.717, 1.165) is 12.1 Å². The minimum atomic E-state index is -4.31. The largest absolute Gasteiger partial charge is 0.276 e. The lowest BCUT2D eigenvalue weighted by molar-refractivity contribution is 0.449. The van der Waals surface area contributed by atoms with Gasteiger partial charge in [0.15, 0.2) is 17.5 Å². The second-order valence-corrected chi connectivity index (χ2v) is 5.59. The summed E-state index contributed by atoms with van der Waals surface area (Å²) in [6.07, 6.45) is 0. The summed E-state index contributed by atoms with van der Waals surface area (Å²) in [5.74, 6) is -4.88. The minimum absolute atomic E-state index is 0.159. The number of hydrogen-bond donors (Lipinski definition) is 1. The molecule has 8 heteroatoms. The van der Waals surface area contributed by atoms with Gasteiger partial charge in [0.05, 0.1) is 11.3 Å². The Labute approximate surface area is 118 Å². The summed E-state index contributed by atoms with van der Waals surface area (Å²) in [6, 6.07) is 8.24. The van der Waals surface area contributed by atoms with Crippen LogP contribution in [0.2, 0.25) is 0 Å². The summed E-state index contributed by atoms with van der Waals surface area (Å²) < 4.78 is 65.3. The Bertz CT molecular complexity index is 845. The van der Waals surface area contributed by atoms with Gasteiger partial charge < -0.3 is 0 Å². The van der Waals surface area contributed by atoms with Crippen molar-refractivity contribution in [3.8, 4) is 6.07 Å². The van der Waals surface area contributed by atoms with Crippen LogP contribution in [0.1, 0.15) is 5.56 Å². The van der Waals surface area contributed by atoms with Gasteiger partial charge in [0, 0.05) is 0 Å². The Morgan fingerprint density at radius 3 is 2.33 bits per heavy atom. The van der Waals surface area contributed by atoms with E-state index in [1.807, 2.05) is 0 Å². The highest BCUT2D eigenvalue weighted by Gasteiger charge is 2.22. The van der Waals surface area contributed by atoms with E-state index in [0.29, 0.717) is 6.07 Å². The third-order valence-corrected chi connectivity index (χ3v) is 4.00. The molecule has 4 nitrogen and oxygen atoms in total. The fraction of sp³-hybridized carbons (Fsp3) is 0. The molecule has 0 bridgehead atoms. The molecule has 0 saturated carbocycles. The second kappa shape index (κ2) is 5.46. The Morgan fingerprint density at radius 2 is 1.67 bits per heavy atom. The quantitative estimate of drug-likeness (QED) is 0.886. The normalized spacial score (nSPS) is 11.0. The minimum Gasteiger partial charge on any atom is -0.276 e. The van der Waals surface area contributed by atoms with Gasteiger partial charge in [-0.15, -0.1) is 0 Å². The maximum Gasteiger partial charge on any atom is 0.263 e. The van der Waals surface area contributed by atoms with Crippen molar-refractivity contribution in [1.82, 2.24) is 0 Å². The van der Waals surface area contributed by atoms with E-state index in [1.165, 1.54) is 18.2 Å². The molecule has 0 aliphatic heterocycles. The fourth-order valence-corrected chi connectivity index (χ4v) is 2.82. The van der Waals surface area contributed by atoms with Crippen LogP contribution >= 0.6 is 0 Å². The molecule has 1 N–H and O–H groups in total. The molecule has 2 aromatic carbocycles. The highest BCUT2D eigenvalue weighted by molar-refractivity contribution is 7.92. The maximum absolute atomic E-state index is 13.5. The summed E-state index contributed by atoms with van der Waals surface area (Å²) in [6.45, 7) is 0. The summed E-state index contributed by atoms with van der Waals surface area (Å²) in [5, 5.41) is 8.86. The molecule has 0 fully saturated rings. The first-order valence-corrected chi connectivity index (χ1v) is 7.00. The van der Waals surface area contributed by atoms with Gasteiger partial charge in [-0.3, -0.25) is 4.72 Å². The molecule has 0 aliphatic rings. The predicted molar refractivity (Wildman–Crippen MR) is 68.3 cm³/mol. The van der Waals surface area contributed by atoms with Gasteiger partial charge in [0.2, 0.25) is 0 Å². The lowest BCUT2D eigenvalue weighted by Gasteiger charge is -2.10. The van der Waals surface area contributed by atoms with E-state index in [2.05, 4.69) is 0 Å². The fourth-order valence-electron chi connectivity index (χ4n) is 1.60. The van der Waals surface area contributed by atoms with Gasteiger partial charge in [0.1, 0.15) is 11.0 Å². The number of halogens is 3. The van der Waals surface area contributed by atoms with Gasteiger partial charge in [-0.1, -0.05) is 12.1 Å². The SMILES string of the molecule is N#Cc1ccccc1S(=O)(=O)Nc1ccc(F)c(F)c1F. The average molecular weight is 312 g/mol. The number of rotatable bonds is 3. The Balaban J connectivity index is 2.48. The molecule has 0 aliphatic carbocycles. The third kappa shape index (κ3) is 2.83. The molecule has 2 aromatic rings. The molecule has 0 unspecified atom stereocenters. The third-order valence-electron chi connectivity index (χ3n) is 2.58. The summed E-state index contributed by atoms with van der Waals surface area (Å²) in [4.78, 5) is -0.392. The van der Waals surface area contributed by atoms with Crippen LogP contribution in [0, 0.1) is 28.8 Å². The van der Waals surface area contributed by atoms with E-state index in [1.54, 1.807) is 10.8 Å². The number of anilines is 1. The van der Waals surface area contributed by atoms with Crippen LogP contribution in [0.5, 0.6) is 0 Å². The number of benzene rings is 2. The van der Waals surface area contributed by atoms with Crippen molar-refractivity contribution in [2.24, 2.45) is 0 Å². The first kappa shape index (κ1) is 14.9. The van der Waals surface area contributed by atoms with E-state index in [4.69, 9.17) is 5.26 Å². The zero-order valence-electron chi connectivity index (χ0n) is 10.3. The zero-order valence-corrected chi connectivity index (χ0v) is 11.1. The van der Waals surface area contributed by atoms with Gasteiger partial charge in [-0.25, -0.2) is 21.6 Å². The van der Waals surface area contributed by atoms with Crippen LogP contribution in [0.4, 0.5) is 18.9 Å². The number of nitriles is 1. The molecule has 0 atom stereocenters. The highest BCUT2D eigenvalue weighted by atomic mass is 32.2. The standard InChI is InChI=1S/C13H7F3N2O2S/c14-9-5-6-10(13(16)12(9)15)18-21(19,20)11-4-2-1-3-8(11)7-17/h1-6,18H. The van der Waals surface area contributed by atoms with E-state index in [-0.39, 0.29) is 5.56 Å². The monoisotopic (exact) mass is 312 g/mol. The zero-order chi connectivity index (χ0) is 15.6. The number of hydrogen-bond acceptors (Lipinski definition) is 3. The van der Waals surface area contributed by atoms with Gasteiger partial charge in [-0.05, 0) is 24.3 Å². The van der Waals surface area contributed by atoms with Crippen molar-refractivity contribution in [3.05, 3.63) is 59.4 Å². The van der Waals surface area contributed by atoms with E-state index in [9.17, 15) is 21.6 Å². The molecule has 0 heterocycles. The van der Waals surface area contributed by atoms with Gasteiger partial charge in [-0.2, -0.15) is 5.26 Å². The Hall–Kier alpha value is -2.53. The molecule has 2 rings (SSSR count). The van der Waals surface area contributed by atoms with Crippen LogP contribution in [-0.2, 0) is 10.0 Å². The number of sulfonamides is 1. The summed E-state index contributed by atoms with van der Waals surface area (Å²) >= 11 is 0. The van der Waals surface area contributed by atoms with Crippen molar-refractivity contribution in [2.45, 2.75) is 4.90 Å². The molecular weight excluding hydrogens is 305 g/mol. The molecular formula is C13H7F3N2O2S. The topological polar surface area (TPSA) is 70.0 Å². The van der Waals surface area contributed by atoms with E-state index >= 15 is 0 Å². The van der Waals surface area contributed by atoms with E-state index < -0.39 is 38.1 Å². The van der Waals surface area contributed by atoms with Crippen molar-refractivity contribution in [2.75, 3.05) is 4.72 Å². The van der Waals surface area contributed by atoms with Crippen LogP contribution in [0.15, 0.2) is 41.3 Å². The first-order chi connectivity index (χ1) is 9.86. The predicted octanol–water partition coefficient (Wildman–Crippen LogP) is 2.78. The Kier molecular flexibility index (Phi) is 3.86. The van der Waals surface area contributed by atoms with Crippen molar-refractivity contribution >= 4 is 15.7 Å². The molecule has 108 valence electrons.